The zero-order valence-corrected chi connectivity index (χ0v) is 13.0. The van der Waals surface area contributed by atoms with Crippen molar-refractivity contribution in [1.29, 1.82) is 0 Å². The van der Waals surface area contributed by atoms with Crippen LogP contribution in [0, 0.1) is 6.92 Å². The molecule has 2 heterocycles. The first kappa shape index (κ1) is 15.6. The molecule has 0 saturated carbocycles. The maximum absolute atomic E-state index is 12.2. The van der Waals surface area contributed by atoms with E-state index in [1.807, 2.05) is 6.92 Å². The molecule has 0 amide bonds. The molecule has 0 fully saturated rings. The number of ether oxygens (including phenoxy) is 1. The number of esters is 1. The number of nitrogens with one attached hydrogen (secondary N) is 2. The van der Waals surface area contributed by atoms with Crippen molar-refractivity contribution in [2.75, 3.05) is 6.61 Å². The molecule has 0 atom stereocenters. The number of thiazole rings is 1. The molecular weight excluding hydrogens is 316 g/mol. The Morgan fingerprint density at radius 1 is 1.48 bits per heavy atom. The standard InChI is InChI=1S/C11H14N4O4S2/c1-3-19-11(16)9-6-13-15-10(9)21(17,18)14-5-8-4-12-7(2)20-8/h4,6,14H,3,5H2,1-2H3,(H,13,15). The van der Waals surface area contributed by atoms with E-state index in [9.17, 15) is 13.2 Å². The van der Waals surface area contributed by atoms with Gasteiger partial charge >= 0.3 is 5.97 Å². The van der Waals surface area contributed by atoms with Gasteiger partial charge in [-0.2, -0.15) is 5.10 Å². The number of sulfonamides is 1. The van der Waals surface area contributed by atoms with Crippen LogP contribution in [0.4, 0.5) is 0 Å². The summed E-state index contributed by atoms with van der Waals surface area (Å²) < 4.78 is 31.6. The van der Waals surface area contributed by atoms with Gasteiger partial charge in [0.1, 0.15) is 5.56 Å². The molecule has 2 rings (SSSR count). The van der Waals surface area contributed by atoms with Gasteiger partial charge < -0.3 is 4.74 Å². The second-order valence-corrected chi connectivity index (χ2v) is 7.03. The number of hydrogen-bond acceptors (Lipinski definition) is 7. The Kier molecular flexibility index (Phi) is 4.70. The summed E-state index contributed by atoms with van der Waals surface area (Å²) in [6.45, 7) is 3.71. The summed E-state index contributed by atoms with van der Waals surface area (Å²) in [4.78, 5) is 16.5. The molecule has 2 aromatic rings. The summed E-state index contributed by atoms with van der Waals surface area (Å²) >= 11 is 1.39. The summed E-state index contributed by atoms with van der Waals surface area (Å²) in [5, 5.41) is 6.45. The average molecular weight is 330 g/mol. The van der Waals surface area contributed by atoms with E-state index in [4.69, 9.17) is 4.74 Å². The highest BCUT2D eigenvalue weighted by molar-refractivity contribution is 7.89. The van der Waals surface area contributed by atoms with Crippen LogP contribution in [0.25, 0.3) is 0 Å². The summed E-state index contributed by atoms with van der Waals surface area (Å²) in [6, 6.07) is 0. The molecule has 10 heteroatoms. The number of nitrogens with zero attached hydrogens (tertiary/aromatic N) is 2. The van der Waals surface area contributed by atoms with E-state index in [-0.39, 0.29) is 23.7 Å². The van der Waals surface area contributed by atoms with Crippen molar-refractivity contribution in [3.8, 4) is 0 Å². The van der Waals surface area contributed by atoms with Crippen LogP contribution in [0.15, 0.2) is 17.4 Å². The smallest absolute Gasteiger partial charge is 0.342 e. The SMILES string of the molecule is CCOC(=O)c1cn[nH]c1S(=O)(=O)NCc1cnc(C)s1. The Hall–Kier alpha value is -1.78. The van der Waals surface area contributed by atoms with Gasteiger partial charge in [-0.3, -0.25) is 5.10 Å². The minimum Gasteiger partial charge on any atom is -0.462 e. The predicted molar refractivity (Wildman–Crippen MR) is 75.4 cm³/mol. The Labute approximate surface area is 125 Å². The van der Waals surface area contributed by atoms with Crippen LogP contribution in [0.3, 0.4) is 0 Å². The highest BCUT2D eigenvalue weighted by Crippen LogP contribution is 2.15. The molecule has 0 saturated heterocycles. The Morgan fingerprint density at radius 2 is 2.24 bits per heavy atom. The monoisotopic (exact) mass is 330 g/mol. The van der Waals surface area contributed by atoms with Crippen LogP contribution in [-0.2, 0) is 21.3 Å². The third kappa shape index (κ3) is 3.65. The highest BCUT2D eigenvalue weighted by Gasteiger charge is 2.25. The molecule has 0 aliphatic carbocycles. The van der Waals surface area contributed by atoms with Gasteiger partial charge in [0, 0.05) is 17.6 Å². The molecule has 0 spiro atoms. The second-order valence-electron chi connectivity index (χ2n) is 4.00. The first-order valence-corrected chi connectivity index (χ1v) is 8.35. The van der Waals surface area contributed by atoms with Crippen LogP contribution < -0.4 is 4.72 Å². The molecule has 8 nitrogen and oxygen atoms in total. The van der Waals surface area contributed by atoms with Gasteiger partial charge in [-0.25, -0.2) is 22.9 Å². The Balaban J connectivity index is 2.16. The number of carbonyl (C=O) groups is 1. The van der Waals surface area contributed by atoms with Crippen molar-refractivity contribution in [2.45, 2.75) is 25.4 Å². The Bertz CT molecular complexity index is 735. The summed E-state index contributed by atoms with van der Waals surface area (Å²) in [7, 11) is -3.89. The van der Waals surface area contributed by atoms with Crippen molar-refractivity contribution < 1.29 is 17.9 Å². The third-order valence-electron chi connectivity index (χ3n) is 2.47. The van der Waals surface area contributed by atoms with Gasteiger partial charge in [0.25, 0.3) is 10.0 Å². The van der Waals surface area contributed by atoms with Gasteiger partial charge in [-0.15, -0.1) is 11.3 Å². The fraction of sp³-hybridized carbons (Fsp3) is 0.364. The third-order valence-corrected chi connectivity index (χ3v) is 4.76. The van der Waals surface area contributed by atoms with Crippen LogP contribution >= 0.6 is 11.3 Å². The molecular formula is C11H14N4O4S2. The van der Waals surface area contributed by atoms with Gasteiger partial charge in [0.15, 0.2) is 5.03 Å². The number of aromatic nitrogens is 3. The number of rotatable bonds is 6. The average Bonchev–Trinajstić information content (AvgIpc) is 3.05. The van der Waals surface area contributed by atoms with Crippen molar-refractivity contribution in [2.24, 2.45) is 0 Å². The van der Waals surface area contributed by atoms with E-state index in [1.54, 1.807) is 13.1 Å². The summed E-state index contributed by atoms with van der Waals surface area (Å²) in [6.07, 6.45) is 2.73. The summed E-state index contributed by atoms with van der Waals surface area (Å²) in [5.41, 5.74) is -0.121. The highest BCUT2D eigenvalue weighted by atomic mass is 32.2. The quantitative estimate of drug-likeness (QED) is 0.758. The zero-order chi connectivity index (χ0) is 15.5. The first-order valence-electron chi connectivity index (χ1n) is 6.05. The summed E-state index contributed by atoms with van der Waals surface area (Å²) in [5.74, 6) is -0.736. The molecule has 21 heavy (non-hydrogen) atoms. The largest absolute Gasteiger partial charge is 0.462 e. The Morgan fingerprint density at radius 3 is 2.86 bits per heavy atom. The minimum atomic E-state index is -3.89. The fourth-order valence-electron chi connectivity index (χ4n) is 1.56. The lowest BCUT2D eigenvalue weighted by molar-refractivity contribution is 0.0522. The second kappa shape index (κ2) is 6.33. The maximum Gasteiger partial charge on any atom is 0.342 e. The van der Waals surface area contributed by atoms with Crippen LogP contribution in [0.2, 0.25) is 0 Å². The lowest BCUT2D eigenvalue weighted by atomic mass is 10.4. The molecule has 0 aliphatic rings. The van der Waals surface area contributed by atoms with Gasteiger partial charge in [-0.1, -0.05) is 0 Å². The van der Waals surface area contributed by atoms with Crippen LogP contribution in [0.1, 0.15) is 27.2 Å². The van der Waals surface area contributed by atoms with E-state index in [0.717, 1.165) is 16.1 Å². The molecule has 0 aliphatic heterocycles. The molecule has 2 aromatic heterocycles. The van der Waals surface area contributed by atoms with Crippen molar-refractivity contribution in [3.63, 3.8) is 0 Å². The molecule has 0 aromatic carbocycles. The molecule has 0 radical (unpaired) electrons. The van der Waals surface area contributed by atoms with E-state index >= 15 is 0 Å². The van der Waals surface area contributed by atoms with E-state index in [2.05, 4.69) is 19.9 Å². The molecule has 0 unspecified atom stereocenters. The van der Waals surface area contributed by atoms with E-state index in [0.29, 0.717) is 0 Å². The van der Waals surface area contributed by atoms with Crippen LogP contribution in [-0.4, -0.2) is 36.2 Å². The molecule has 2 N–H and O–H groups in total. The van der Waals surface area contributed by atoms with Gasteiger partial charge in [0.05, 0.1) is 17.8 Å². The van der Waals surface area contributed by atoms with Crippen molar-refractivity contribution in [3.05, 3.63) is 27.8 Å². The normalized spacial score (nSPS) is 11.5. The molecule has 114 valence electrons. The number of carbonyl (C=O) groups excluding carboxylic acids is 1. The molecule has 0 bridgehead atoms. The fourth-order valence-corrected chi connectivity index (χ4v) is 3.47. The number of hydrogen-bond donors (Lipinski definition) is 2. The van der Waals surface area contributed by atoms with Crippen molar-refractivity contribution >= 4 is 27.3 Å². The zero-order valence-electron chi connectivity index (χ0n) is 11.4. The van der Waals surface area contributed by atoms with Crippen LogP contribution in [0.5, 0.6) is 0 Å². The topological polar surface area (TPSA) is 114 Å². The lowest BCUT2D eigenvalue weighted by Crippen LogP contribution is -2.25. The number of aromatic amines is 1. The number of H-pyrrole nitrogens is 1. The van der Waals surface area contributed by atoms with Crippen molar-refractivity contribution in [1.82, 2.24) is 19.9 Å². The minimum absolute atomic E-state index is 0.0924. The van der Waals surface area contributed by atoms with Gasteiger partial charge in [0.2, 0.25) is 0 Å². The van der Waals surface area contributed by atoms with E-state index in [1.165, 1.54) is 11.3 Å². The maximum atomic E-state index is 12.2. The van der Waals surface area contributed by atoms with Gasteiger partial charge in [-0.05, 0) is 13.8 Å². The number of aryl methyl sites for hydroxylation is 1. The predicted octanol–water partition coefficient (Wildman–Crippen LogP) is 0.830. The van der Waals surface area contributed by atoms with E-state index < -0.39 is 16.0 Å². The lowest BCUT2D eigenvalue weighted by Gasteiger charge is -2.05. The first-order chi connectivity index (χ1) is 9.94.